The molecule has 0 aliphatic carbocycles. The van der Waals surface area contributed by atoms with E-state index >= 15 is 0 Å². The van der Waals surface area contributed by atoms with Crippen LogP contribution in [0.1, 0.15) is 22.3 Å². The summed E-state index contributed by atoms with van der Waals surface area (Å²) in [5, 5.41) is 4.18. The Kier molecular flexibility index (Phi) is 4.92. The van der Waals surface area contributed by atoms with Crippen LogP contribution in [0.25, 0.3) is 11.0 Å². The lowest BCUT2D eigenvalue weighted by Crippen LogP contribution is -2.06. The Bertz CT molecular complexity index is 1160. The Morgan fingerprint density at radius 3 is 2.71 bits per heavy atom. The van der Waals surface area contributed by atoms with Gasteiger partial charge in [-0.05, 0) is 36.2 Å². The van der Waals surface area contributed by atoms with Gasteiger partial charge in [-0.15, -0.1) is 0 Å². The van der Waals surface area contributed by atoms with Crippen LogP contribution in [-0.4, -0.2) is 19.9 Å². The maximum atomic E-state index is 14.5. The second kappa shape index (κ2) is 7.52. The molecule has 0 fully saturated rings. The molecule has 28 heavy (non-hydrogen) atoms. The van der Waals surface area contributed by atoms with E-state index in [4.69, 9.17) is 11.6 Å². The van der Waals surface area contributed by atoms with Crippen LogP contribution in [0.15, 0.2) is 42.9 Å². The highest BCUT2D eigenvalue weighted by atomic mass is 35.5. The minimum Gasteiger partial charge on any atom is -0.366 e. The van der Waals surface area contributed by atoms with Crippen molar-refractivity contribution < 1.29 is 8.78 Å². The summed E-state index contributed by atoms with van der Waals surface area (Å²) < 4.78 is 28.2. The zero-order valence-corrected chi connectivity index (χ0v) is 15.7. The average molecular weight is 400 g/mol. The van der Waals surface area contributed by atoms with Crippen molar-refractivity contribution in [1.29, 1.82) is 0 Å². The number of nitrogens with one attached hydrogen (secondary N) is 2. The number of aryl methyl sites for hydroxylation is 1. The molecule has 0 spiro atoms. The molecule has 0 radical (unpaired) electrons. The van der Waals surface area contributed by atoms with E-state index < -0.39 is 11.9 Å². The highest BCUT2D eigenvalue weighted by molar-refractivity contribution is 6.30. The third kappa shape index (κ3) is 3.80. The quantitative estimate of drug-likeness (QED) is 0.473. The molecule has 8 heteroatoms. The highest BCUT2D eigenvalue weighted by Gasteiger charge is 2.11. The van der Waals surface area contributed by atoms with E-state index in [1.807, 2.05) is 19.2 Å². The molecule has 5 nitrogen and oxygen atoms in total. The van der Waals surface area contributed by atoms with Crippen LogP contribution in [-0.2, 0) is 13.0 Å². The minimum atomic E-state index is -0.628. The number of anilines is 1. The van der Waals surface area contributed by atoms with Crippen molar-refractivity contribution in [2.75, 3.05) is 5.32 Å². The molecule has 0 atom stereocenters. The van der Waals surface area contributed by atoms with E-state index in [1.165, 1.54) is 12.3 Å². The number of hydrogen-bond donors (Lipinski definition) is 2. The van der Waals surface area contributed by atoms with Crippen molar-refractivity contribution in [2.24, 2.45) is 0 Å². The normalized spacial score (nSPS) is 11.1. The molecule has 0 saturated carbocycles. The van der Waals surface area contributed by atoms with Crippen molar-refractivity contribution in [3.63, 3.8) is 0 Å². The molecule has 0 unspecified atom stereocenters. The smallest absolute Gasteiger partial charge is 0.218 e. The van der Waals surface area contributed by atoms with E-state index in [9.17, 15) is 8.78 Å². The lowest BCUT2D eigenvalue weighted by Gasteiger charge is -2.09. The first-order valence-corrected chi connectivity index (χ1v) is 8.99. The Morgan fingerprint density at radius 2 is 1.89 bits per heavy atom. The topological polar surface area (TPSA) is 66.5 Å². The predicted octanol–water partition coefficient (Wildman–Crippen LogP) is 4.80. The van der Waals surface area contributed by atoms with E-state index in [1.54, 1.807) is 18.3 Å². The fraction of sp³-hybridized carbons (Fsp3) is 0.150. The molecular formula is C20H16ClF2N5. The number of halogens is 3. The second-order valence-electron chi connectivity index (χ2n) is 6.50. The van der Waals surface area contributed by atoms with Crippen molar-refractivity contribution in [2.45, 2.75) is 19.9 Å². The SMILES string of the molecule is Cc1cnc2[nH]cc(Cc3ccc(NCc4cc(Cl)cnc4F)nc3F)c2c1. The number of H-pyrrole nitrogens is 1. The molecule has 0 saturated heterocycles. The standard InChI is InChI=1S/C20H16ClF2N5/c1-11-4-16-13(8-27-20(16)26-7-11)5-12-2-3-17(28-19(12)23)24-9-14-6-15(21)10-25-18(14)22/h2-4,6-8,10H,5,9H2,1H3,(H,24,28)(H,26,27). The van der Waals surface area contributed by atoms with Crippen molar-refractivity contribution >= 4 is 28.5 Å². The van der Waals surface area contributed by atoms with Crippen LogP contribution >= 0.6 is 11.6 Å². The van der Waals surface area contributed by atoms with Crippen LogP contribution in [0, 0.1) is 18.8 Å². The van der Waals surface area contributed by atoms with Gasteiger partial charge in [0.2, 0.25) is 11.9 Å². The first-order valence-electron chi connectivity index (χ1n) is 8.61. The summed E-state index contributed by atoms with van der Waals surface area (Å²) in [6, 6.07) is 6.81. The molecule has 0 amide bonds. The van der Waals surface area contributed by atoms with Gasteiger partial charge in [-0.2, -0.15) is 8.78 Å². The average Bonchev–Trinajstić information content (AvgIpc) is 3.06. The summed E-state index contributed by atoms with van der Waals surface area (Å²) in [7, 11) is 0. The van der Waals surface area contributed by atoms with Gasteiger partial charge in [-0.3, -0.25) is 0 Å². The number of nitrogens with zero attached hydrogens (tertiary/aromatic N) is 3. The fourth-order valence-electron chi connectivity index (χ4n) is 2.98. The summed E-state index contributed by atoms with van der Waals surface area (Å²) in [5.41, 5.74) is 3.49. The minimum absolute atomic E-state index is 0.0958. The number of fused-ring (bicyclic) bond motifs is 1. The van der Waals surface area contributed by atoms with E-state index in [0.29, 0.717) is 22.8 Å². The predicted molar refractivity (Wildman–Crippen MR) is 104 cm³/mol. The summed E-state index contributed by atoms with van der Waals surface area (Å²) in [6.45, 7) is 2.06. The van der Waals surface area contributed by atoms with Crippen LogP contribution in [0.5, 0.6) is 0 Å². The first-order chi connectivity index (χ1) is 13.5. The summed E-state index contributed by atoms with van der Waals surface area (Å²) >= 11 is 5.82. The molecule has 4 aromatic rings. The van der Waals surface area contributed by atoms with Crippen LogP contribution in [0.3, 0.4) is 0 Å². The van der Waals surface area contributed by atoms with Gasteiger partial charge in [0.1, 0.15) is 11.5 Å². The lowest BCUT2D eigenvalue weighted by atomic mass is 10.1. The fourth-order valence-corrected chi connectivity index (χ4v) is 3.16. The Balaban J connectivity index is 1.51. The maximum Gasteiger partial charge on any atom is 0.218 e. The van der Waals surface area contributed by atoms with Gasteiger partial charge in [-0.25, -0.2) is 15.0 Å². The summed E-state index contributed by atoms with van der Waals surface area (Å²) in [6.07, 6.45) is 5.23. The Hall–Kier alpha value is -3.06. The Labute approximate surface area is 164 Å². The van der Waals surface area contributed by atoms with E-state index in [0.717, 1.165) is 22.2 Å². The van der Waals surface area contributed by atoms with Crippen LogP contribution < -0.4 is 5.32 Å². The Morgan fingerprint density at radius 1 is 1.04 bits per heavy atom. The van der Waals surface area contributed by atoms with Gasteiger partial charge in [0.15, 0.2) is 0 Å². The third-order valence-electron chi connectivity index (χ3n) is 4.40. The van der Waals surface area contributed by atoms with Gasteiger partial charge < -0.3 is 10.3 Å². The molecule has 0 aromatic carbocycles. The van der Waals surface area contributed by atoms with Gasteiger partial charge >= 0.3 is 0 Å². The van der Waals surface area contributed by atoms with Crippen LogP contribution in [0.2, 0.25) is 5.02 Å². The molecule has 4 heterocycles. The largest absolute Gasteiger partial charge is 0.366 e. The van der Waals surface area contributed by atoms with E-state index in [2.05, 4.69) is 25.3 Å². The molecule has 142 valence electrons. The number of hydrogen-bond acceptors (Lipinski definition) is 4. The van der Waals surface area contributed by atoms with Crippen LogP contribution in [0.4, 0.5) is 14.6 Å². The zero-order chi connectivity index (χ0) is 19.7. The molecule has 0 aliphatic rings. The third-order valence-corrected chi connectivity index (χ3v) is 4.61. The number of aromatic amines is 1. The summed E-state index contributed by atoms with van der Waals surface area (Å²) in [4.78, 5) is 14.9. The molecule has 0 aliphatic heterocycles. The van der Waals surface area contributed by atoms with Crippen molar-refractivity contribution in [3.05, 3.63) is 82.0 Å². The molecule has 2 N–H and O–H groups in total. The second-order valence-corrected chi connectivity index (χ2v) is 6.94. The summed E-state index contributed by atoms with van der Waals surface area (Å²) in [5.74, 6) is -0.904. The van der Waals surface area contributed by atoms with Gasteiger partial charge in [0, 0.05) is 48.1 Å². The van der Waals surface area contributed by atoms with Gasteiger partial charge in [-0.1, -0.05) is 17.7 Å². The van der Waals surface area contributed by atoms with Gasteiger partial charge in [0.05, 0.1) is 5.02 Å². The molecular weight excluding hydrogens is 384 g/mol. The lowest BCUT2D eigenvalue weighted by molar-refractivity contribution is 0.566. The van der Waals surface area contributed by atoms with Gasteiger partial charge in [0.25, 0.3) is 0 Å². The molecule has 4 rings (SSSR count). The van der Waals surface area contributed by atoms with Crippen molar-refractivity contribution in [3.8, 4) is 0 Å². The monoisotopic (exact) mass is 399 g/mol. The van der Waals surface area contributed by atoms with Crippen molar-refractivity contribution in [1.82, 2.24) is 19.9 Å². The molecule has 0 bridgehead atoms. The number of rotatable bonds is 5. The maximum absolute atomic E-state index is 14.5. The highest BCUT2D eigenvalue weighted by Crippen LogP contribution is 2.22. The number of aromatic nitrogens is 4. The first kappa shape index (κ1) is 18.3. The van der Waals surface area contributed by atoms with E-state index in [-0.39, 0.29) is 12.1 Å². The zero-order valence-electron chi connectivity index (χ0n) is 14.9. The molecule has 4 aromatic heterocycles. The number of pyridine rings is 3.